The van der Waals surface area contributed by atoms with Crippen molar-refractivity contribution in [3.05, 3.63) is 237 Å². The predicted octanol–water partition coefficient (Wildman–Crippen LogP) is 16.0. The summed E-state index contributed by atoms with van der Waals surface area (Å²) in [7, 11) is 0. The third kappa shape index (κ3) is 5.60. The molecule has 0 aliphatic heterocycles. The average molecular weight is 802 g/mol. The number of fused-ring (bicyclic) bond motifs is 9. The standard InChI is InChI=1S/C60H39N3/c1-3-15-40(16-4-1)44-35-45(41-17-5-2-6-18-41)37-48(36-44)63-58-26-14-10-22-52(58)54-38-42(28-34-59(54)63)43-27-33-53-51-21-9-13-25-57(51)62(60(53)39-43)47-31-29-46(30-32-47)61-55-23-11-7-19-49(55)50-20-8-12-24-56(50)61/h1-39H. The van der Waals surface area contributed by atoms with Gasteiger partial charge in [0.2, 0.25) is 0 Å². The summed E-state index contributed by atoms with van der Waals surface area (Å²) < 4.78 is 7.25. The van der Waals surface area contributed by atoms with E-state index in [0.29, 0.717) is 0 Å². The quantitative estimate of drug-likeness (QED) is 0.159. The molecule has 3 nitrogen and oxygen atoms in total. The Kier molecular flexibility index (Phi) is 7.91. The maximum Gasteiger partial charge on any atom is 0.0547 e. The maximum absolute atomic E-state index is 2.44. The Labute approximate surface area is 364 Å². The largest absolute Gasteiger partial charge is 0.309 e. The second-order valence-electron chi connectivity index (χ2n) is 16.6. The summed E-state index contributed by atoms with van der Waals surface area (Å²) in [5.41, 5.74) is 17.8. The number of hydrogen-bond acceptors (Lipinski definition) is 0. The van der Waals surface area contributed by atoms with E-state index in [1.165, 1.54) is 98.8 Å². The van der Waals surface area contributed by atoms with E-state index in [2.05, 4.69) is 250 Å². The molecule has 63 heavy (non-hydrogen) atoms. The van der Waals surface area contributed by atoms with Crippen molar-refractivity contribution in [2.24, 2.45) is 0 Å². The van der Waals surface area contributed by atoms with E-state index in [-0.39, 0.29) is 0 Å². The highest BCUT2D eigenvalue weighted by molar-refractivity contribution is 6.13. The fourth-order valence-electron chi connectivity index (χ4n) is 10.1. The first kappa shape index (κ1) is 35.4. The first-order chi connectivity index (χ1) is 31.2. The summed E-state index contributed by atoms with van der Waals surface area (Å²) in [6, 6.07) is 86.5. The van der Waals surface area contributed by atoms with E-state index in [1.807, 2.05) is 0 Å². The van der Waals surface area contributed by atoms with Gasteiger partial charge in [0.05, 0.1) is 33.1 Å². The topological polar surface area (TPSA) is 14.8 Å². The van der Waals surface area contributed by atoms with Gasteiger partial charge in [-0.15, -0.1) is 0 Å². The fourth-order valence-corrected chi connectivity index (χ4v) is 10.1. The normalized spacial score (nSPS) is 11.8. The van der Waals surface area contributed by atoms with Crippen molar-refractivity contribution in [2.45, 2.75) is 0 Å². The Balaban J connectivity index is 0.957. The molecule has 0 amide bonds. The Morgan fingerprint density at radius 3 is 1.05 bits per heavy atom. The molecule has 0 saturated heterocycles. The predicted molar refractivity (Wildman–Crippen MR) is 266 cm³/mol. The Morgan fingerprint density at radius 1 is 0.175 bits per heavy atom. The van der Waals surface area contributed by atoms with Crippen LogP contribution < -0.4 is 0 Å². The number of rotatable bonds is 6. The smallest absolute Gasteiger partial charge is 0.0547 e. The third-order valence-electron chi connectivity index (χ3n) is 13.0. The summed E-state index contributed by atoms with van der Waals surface area (Å²) in [5, 5.41) is 7.49. The zero-order chi connectivity index (χ0) is 41.4. The highest BCUT2D eigenvalue weighted by Crippen LogP contribution is 2.40. The van der Waals surface area contributed by atoms with E-state index in [0.717, 1.165) is 17.1 Å². The number of aromatic nitrogens is 3. The molecular formula is C60H39N3. The Hall–Kier alpha value is -8.40. The van der Waals surface area contributed by atoms with Crippen LogP contribution in [-0.4, -0.2) is 13.7 Å². The highest BCUT2D eigenvalue weighted by Gasteiger charge is 2.18. The minimum absolute atomic E-state index is 1.13. The van der Waals surface area contributed by atoms with Gasteiger partial charge >= 0.3 is 0 Å². The zero-order valence-corrected chi connectivity index (χ0v) is 34.4. The van der Waals surface area contributed by atoms with Crippen LogP contribution in [0.2, 0.25) is 0 Å². The van der Waals surface area contributed by atoms with Gasteiger partial charge in [0, 0.05) is 49.4 Å². The van der Waals surface area contributed by atoms with Crippen LogP contribution in [0.4, 0.5) is 0 Å². The van der Waals surface area contributed by atoms with Gasteiger partial charge in [-0.25, -0.2) is 0 Å². The molecule has 10 aromatic carbocycles. The molecule has 0 fully saturated rings. The van der Waals surface area contributed by atoms with Crippen LogP contribution in [0.15, 0.2) is 237 Å². The Bertz CT molecular complexity index is 3770. The number of hydrogen-bond donors (Lipinski definition) is 0. The minimum Gasteiger partial charge on any atom is -0.309 e. The van der Waals surface area contributed by atoms with Gasteiger partial charge in [-0.3, -0.25) is 0 Å². The number of benzene rings is 10. The molecule has 0 spiro atoms. The molecule has 0 radical (unpaired) electrons. The van der Waals surface area contributed by atoms with Crippen LogP contribution in [0, 0.1) is 0 Å². The minimum atomic E-state index is 1.13. The molecule has 0 atom stereocenters. The van der Waals surface area contributed by atoms with Gasteiger partial charge < -0.3 is 13.7 Å². The van der Waals surface area contributed by atoms with Gasteiger partial charge in [-0.05, 0) is 118 Å². The summed E-state index contributed by atoms with van der Waals surface area (Å²) in [5.74, 6) is 0. The van der Waals surface area contributed by atoms with E-state index >= 15 is 0 Å². The van der Waals surface area contributed by atoms with Crippen molar-refractivity contribution in [1.82, 2.24) is 13.7 Å². The molecule has 13 rings (SSSR count). The summed E-state index contributed by atoms with van der Waals surface area (Å²) in [4.78, 5) is 0. The molecule has 0 aliphatic carbocycles. The van der Waals surface area contributed by atoms with Gasteiger partial charge in [-0.1, -0.05) is 152 Å². The van der Waals surface area contributed by atoms with Gasteiger partial charge in [-0.2, -0.15) is 0 Å². The first-order valence-electron chi connectivity index (χ1n) is 21.7. The van der Waals surface area contributed by atoms with Gasteiger partial charge in [0.25, 0.3) is 0 Å². The van der Waals surface area contributed by atoms with E-state index in [4.69, 9.17) is 0 Å². The van der Waals surface area contributed by atoms with E-state index < -0.39 is 0 Å². The monoisotopic (exact) mass is 801 g/mol. The average Bonchev–Trinajstić information content (AvgIpc) is 4.00. The molecule has 0 saturated carbocycles. The van der Waals surface area contributed by atoms with Crippen molar-refractivity contribution in [3.63, 3.8) is 0 Å². The van der Waals surface area contributed by atoms with E-state index in [1.54, 1.807) is 0 Å². The summed E-state index contributed by atoms with van der Waals surface area (Å²) >= 11 is 0. The zero-order valence-electron chi connectivity index (χ0n) is 34.4. The summed E-state index contributed by atoms with van der Waals surface area (Å²) in [6.45, 7) is 0. The maximum atomic E-state index is 2.44. The third-order valence-corrected chi connectivity index (χ3v) is 13.0. The molecule has 294 valence electrons. The second-order valence-corrected chi connectivity index (χ2v) is 16.6. The lowest BCUT2D eigenvalue weighted by Gasteiger charge is -2.14. The van der Waals surface area contributed by atoms with Crippen LogP contribution in [0.5, 0.6) is 0 Å². The van der Waals surface area contributed by atoms with Crippen LogP contribution in [0.1, 0.15) is 0 Å². The molecule has 13 aromatic rings. The molecule has 3 aromatic heterocycles. The molecule has 3 heterocycles. The molecule has 0 N–H and O–H groups in total. The molecule has 0 unspecified atom stereocenters. The van der Waals surface area contributed by atoms with Crippen molar-refractivity contribution in [3.8, 4) is 50.4 Å². The van der Waals surface area contributed by atoms with Crippen molar-refractivity contribution < 1.29 is 0 Å². The lowest BCUT2D eigenvalue weighted by Crippen LogP contribution is -1.97. The van der Waals surface area contributed by atoms with Crippen LogP contribution in [0.25, 0.3) is 116 Å². The lowest BCUT2D eigenvalue weighted by molar-refractivity contribution is 1.14. The van der Waals surface area contributed by atoms with E-state index in [9.17, 15) is 0 Å². The first-order valence-corrected chi connectivity index (χ1v) is 21.7. The van der Waals surface area contributed by atoms with Crippen molar-refractivity contribution >= 4 is 65.4 Å². The lowest BCUT2D eigenvalue weighted by atomic mass is 9.98. The number of nitrogens with zero attached hydrogens (tertiary/aromatic N) is 3. The highest BCUT2D eigenvalue weighted by atomic mass is 15.0. The van der Waals surface area contributed by atoms with Crippen molar-refractivity contribution in [1.29, 1.82) is 0 Å². The summed E-state index contributed by atoms with van der Waals surface area (Å²) in [6.07, 6.45) is 0. The Morgan fingerprint density at radius 2 is 0.540 bits per heavy atom. The molecule has 0 aliphatic rings. The fraction of sp³-hybridized carbons (Fsp3) is 0. The number of para-hydroxylation sites is 4. The molecular weight excluding hydrogens is 763 g/mol. The van der Waals surface area contributed by atoms with Gasteiger partial charge in [0.1, 0.15) is 0 Å². The SMILES string of the molecule is c1ccc(-c2cc(-c3ccccc3)cc(-n3c4ccccc4c4cc(-c5ccc6c7ccccc7n(-c7ccc(-n8c9ccccc9c9ccccc98)cc7)c6c5)ccc43)c2)cc1. The second kappa shape index (κ2) is 14.1. The van der Waals surface area contributed by atoms with Crippen LogP contribution in [-0.2, 0) is 0 Å². The van der Waals surface area contributed by atoms with Crippen LogP contribution >= 0.6 is 0 Å². The van der Waals surface area contributed by atoms with Crippen molar-refractivity contribution in [2.75, 3.05) is 0 Å². The van der Waals surface area contributed by atoms with Gasteiger partial charge in [0.15, 0.2) is 0 Å². The van der Waals surface area contributed by atoms with Crippen LogP contribution in [0.3, 0.4) is 0 Å². The molecule has 0 bridgehead atoms. The molecule has 3 heteroatoms.